The van der Waals surface area contributed by atoms with Crippen molar-refractivity contribution in [3.63, 3.8) is 0 Å². The van der Waals surface area contributed by atoms with Crippen molar-refractivity contribution in [1.82, 2.24) is 5.32 Å². The highest BCUT2D eigenvalue weighted by atomic mass is 35.5. The van der Waals surface area contributed by atoms with Gasteiger partial charge in [0.15, 0.2) is 5.83 Å². The number of nitrogens with zero attached hydrogens (tertiary/aromatic N) is 1. The minimum absolute atomic E-state index is 0.489. The van der Waals surface area contributed by atoms with Crippen molar-refractivity contribution in [2.75, 3.05) is 0 Å². The Morgan fingerprint density at radius 2 is 2.13 bits per heavy atom. The topological polar surface area (TPSA) is 35.8 Å². The fourth-order valence-electron chi connectivity index (χ4n) is 1.01. The third-order valence-electron chi connectivity index (χ3n) is 1.70. The minimum Gasteiger partial charge on any atom is -0.340 e. The van der Waals surface area contributed by atoms with Crippen LogP contribution in [-0.4, -0.2) is 10.9 Å². The van der Waals surface area contributed by atoms with Crippen molar-refractivity contribution < 1.29 is 13.2 Å². The van der Waals surface area contributed by atoms with Gasteiger partial charge in [-0.25, -0.2) is 13.2 Å². The third kappa shape index (κ3) is 2.39. The number of allylic oxidation sites excluding steroid dienone is 2. The molecule has 1 N–H and O–H groups in total. The molecule has 0 fully saturated rings. The summed E-state index contributed by atoms with van der Waals surface area (Å²) in [5, 5.41) is 9.96. The molecular formula is C8H5Cl2F3N2. The molecule has 0 aromatic heterocycles. The monoisotopic (exact) mass is 256 g/mol. The van der Waals surface area contributed by atoms with Gasteiger partial charge in [-0.15, -0.1) is 0 Å². The van der Waals surface area contributed by atoms with E-state index in [1.54, 1.807) is 0 Å². The van der Waals surface area contributed by atoms with Gasteiger partial charge in [0.1, 0.15) is 11.2 Å². The Labute approximate surface area is 94.0 Å². The Kier molecular flexibility index (Phi) is 2.94. The largest absolute Gasteiger partial charge is 0.340 e. The summed E-state index contributed by atoms with van der Waals surface area (Å²) in [6.45, 7) is 0.489. The molecule has 0 aromatic rings. The Balaban J connectivity index is 3.29. The van der Waals surface area contributed by atoms with E-state index in [-0.39, 0.29) is 0 Å². The fourth-order valence-corrected chi connectivity index (χ4v) is 1.51. The molecule has 1 aliphatic rings. The molecule has 2 nitrogen and oxygen atoms in total. The van der Waals surface area contributed by atoms with Crippen molar-refractivity contribution >= 4 is 23.2 Å². The van der Waals surface area contributed by atoms with Gasteiger partial charge in [-0.3, -0.25) is 0 Å². The van der Waals surface area contributed by atoms with E-state index in [1.165, 1.54) is 6.07 Å². The molecule has 7 heteroatoms. The van der Waals surface area contributed by atoms with Crippen molar-refractivity contribution in [2.45, 2.75) is 17.8 Å². The number of rotatable bonds is 1. The molecule has 0 radical (unpaired) electrons. The first-order valence-electron chi connectivity index (χ1n) is 3.75. The van der Waals surface area contributed by atoms with Crippen LogP contribution in [0.15, 0.2) is 22.6 Å². The average Bonchev–Trinajstić information content (AvgIpc) is 2.10. The van der Waals surface area contributed by atoms with E-state index in [0.29, 0.717) is 13.0 Å². The summed E-state index contributed by atoms with van der Waals surface area (Å²) in [4.78, 5) is -1.94. The van der Waals surface area contributed by atoms with Gasteiger partial charge in [0, 0.05) is 6.92 Å². The molecule has 1 rings (SSSR count). The van der Waals surface area contributed by atoms with Gasteiger partial charge in [0.2, 0.25) is 5.00 Å². The molecule has 0 amide bonds. The molecule has 0 aromatic carbocycles. The molecule has 0 saturated heterocycles. The van der Waals surface area contributed by atoms with Crippen molar-refractivity contribution in [3.05, 3.63) is 22.6 Å². The van der Waals surface area contributed by atoms with Gasteiger partial charge in [0.25, 0.3) is 5.92 Å². The zero-order valence-electron chi connectivity index (χ0n) is 7.41. The molecule has 0 spiro atoms. The number of nitriles is 1. The van der Waals surface area contributed by atoms with E-state index >= 15 is 0 Å². The number of hydrogen-bond acceptors (Lipinski definition) is 2. The van der Waals surface area contributed by atoms with Crippen molar-refractivity contribution in [3.8, 4) is 6.07 Å². The van der Waals surface area contributed by atoms with E-state index in [1.807, 2.05) is 0 Å². The number of nitrogens with one attached hydrogen (secondary N) is 1. The molecule has 1 unspecified atom stereocenters. The predicted octanol–water partition coefficient (Wildman–Crippen LogP) is 3.01. The molecule has 1 aliphatic heterocycles. The molecule has 1 atom stereocenters. The molecule has 82 valence electrons. The normalized spacial score (nSPS) is 26.9. The van der Waals surface area contributed by atoms with E-state index in [9.17, 15) is 13.2 Å². The summed E-state index contributed by atoms with van der Waals surface area (Å²) < 4.78 is 39.0. The van der Waals surface area contributed by atoms with Crippen LogP contribution in [0.25, 0.3) is 0 Å². The summed E-state index contributed by atoms with van der Waals surface area (Å²) in [6.07, 6.45) is 0.607. The lowest BCUT2D eigenvalue weighted by molar-refractivity contribution is 0.0615. The molecular weight excluding hydrogens is 252 g/mol. The number of dihydropyridines is 1. The van der Waals surface area contributed by atoms with E-state index in [0.717, 1.165) is 0 Å². The quantitative estimate of drug-likeness (QED) is 0.579. The van der Waals surface area contributed by atoms with Crippen LogP contribution in [0.1, 0.15) is 6.92 Å². The minimum atomic E-state index is -3.46. The first kappa shape index (κ1) is 12.2. The lowest BCUT2D eigenvalue weighted by atomic mass is 10.0. The summed E-state index contributed by atoms with van der Waals surface area (Å²) >= 11 is 10.9. The fraction of sp³-hybridized carbons (Fsp3) is 0.375. The Morgan fingerprint density at radius 1 is 1.60 bits per heavy atom. The lowest BCUT2D eigenvalue weighted by Gasteiger charge is -2.26. The maximum absolute atomic E-state index is 13.2. The summed E-state index contributed by atoms with van der Waals surface area (Å²) in [5.41, 5.74) is -0.997. The Bertz CT molecular complexity index is 392. The van der Waals surface area contributed by atoms with Crippen LogP contribution in [0.3, 0.4) is 0 Å². The lowest BCUT2D eigenvalue weighted by Crippen LogP contribution is -2.39. The van der Waals surface area contributed by atoms with Gasteiger partial charge in [-0.05, 0) is 6.08 Å². The average molecular weight is 257 g/mol. The van der Waals surface area contributed by atoms with Gasteiger partial charge in [-0.2, -0.15) is 5.26 Å². The zero-order chi connectivity index (χ0) is 11.9. The molecule has 0 bridgehead atoms. The molecule has 15 heavy (non-hydrogen) atoms. The summed E-state index contributed by atoms with van der Waals surface area (Å²) in [5.74, 6) is -4.76. The SMILES string of the molecule is CC(F)(F)C1=CC(Cl)(C#N)NC(Cl)=C1F. The third-order valence-corrected chi connectivity index (χ3v) is 2.25. The molecule has 0 saturated carbocycles. The van der Waals surface area contributed by atoms with Crippen LogP contribution in [0.5, 0.6) is 0 Å². The van der Waals surface area contributed by atoms with E-state index in [4.69, 9.17) is 28.5 Å². The van der Waals surface area contributed by atoms with Gasteiger partial charge in [0.05, 0.1) is 5.57 Å². The maximum atomic E-state index is 13.2. The Hall–Kier alpha value is -0.860. The second-order valence-corrected chi connectivity index (χ2v) is 4.00. The number of hydrogen-bond donors (Lipinski definition) is 1. The van der Waals surface area contributed by atoms with Gasteiger partial charge >= 0.3 is 0 Å². The van der Waals surface area contributed by atoms with Crippen LogP contribution in [-0.2, 0) is 0 Å². The highest BCUT2D eigenvalue weighted by Gasteiger charge is 2.41. The van der Waals surface area contributed by atoms with Crippen LogP contribution < -0.4 is 5.32 Å². The van der Waals surface area contributed by atoms with Crippen LogP contribution >= 0.6 is 23.2 Å². The summed E-state index contributed by atoms with van der Waals surface area (Å²) in [6, 6.07) is 1.49. The van der Waals surface area contributed by atoms with Gasteiger partial charge in [-0.1, -0.05) is 23.2 Å². The Morgan fingerprint density at radius 3 is 2.53 bits per heavy atom. The van der Waals surface area contributed by atoms with Crippen molar-refractivity contribution in [2.24, 2.45) is 0 Å². The van der Waals surface area contributed by atoms with E-state index in [2.05, 4.69) is 5.32 Å². The van der Waals surface area contributed by atoms with Crippen LogP contribution in [0, 0.1) is 11.3 Å². The number of alkyl halides is 3. The van der Waals surface area contributed by atoms with Crippen LogP contribution in [0.2, 0.25) is 0 Å². The highest BCUT2D eigenvalue weighted by molar-refractivity contribution is 6.32. The predicted molar refractivity (Wildman–Crippen MR) is 50.0 cm³/mol. The van der Waals surface area contributed by atoms with Gasteiger partial charge < -0.3 is 5.32 Å². The summed E-state index contributed by atoms with van der Waals surface area (Å²) in [7, 11) is 0. The second-order valence-electron chi connectivity index (χ2n) is 3.02. The first-order valence-corrected chi connectivity index (χ1v) is 4.50. The zero-order valence-corrected chi connectivity index (χ0v) is 8.93. The van der Waals surface area contributed by atoms with Crippen molar-refractivity contribution in [1.29, 1.82) is 5.26 Å². The van der Waals surface area contributed by atoms with Crippen LogP contribution in [0.4, 0.5) is 13.2 Å². The highest BCUT2D eigenvalue weighted by Crippen LogP contribution is 2.38. The second kappa shape index (κ2) is 3.62. The molecule has 0 aliphatic carbocycles. The smallest absolute Gasteiger partial charge is 0.273 e. The standard InChI is InChI=1S/C8H5Cl2F3N2/c1-7(12,13)4-2-8(10,3-14)15-6(9)5(4)11/h2,15H,1H3. The van der Waals surface area contributed by atoms with E-state index < -0.39 is 27.5 Å². The number of halogens is 5. The molecule has 1 heterocycles. The first-order chi connectivity index (χ1) is 6.69. The maximum Gasteiger partial charge on any atom is 0.273 e.